The summed E-state index contributed by atoms with van der Waals surface area (Å²) in [5.74, 6) is 0.567. The molecule has 1 aromatic heterocycles. The predicted octanol–water partition coefficient (Wildman–Crippen LogP) is 2.74. The highest BCUT2D eigenvalue weighted by Gasteiger charge is 2.29. The van der Waals surface area contributed by atoms with E-state index in [9.17, 15) is 9.59 Å². The second-order valence-corrected chi connectivity index (χ2v) is 7.58. The average Bonchev–Trinajstić information content (AvgIpc) is 2.60. The maximum absolute atomic E-state index is 12.2. The van der Waals surface area contributed by atoms with E-state index in [1.165, 1.54) is 24.1 Å². The van der Waals surface area contributed by atoms with Gasteiger partial charge >= 0.3 is 5.97 Å². The standard InChI is InChI=1S/C21H30N2O3/c1-2-26-21(25)15-23-13-16(14-23)12-19(24)8-5-7-18-11-10-17-6-3-4-9-20(17)22-18/h10-11,16H,2-9,12-15H2,1H3. The van der Waals surface area contributed by atoms with Crippen LogP contribution in [0.25, 0.3) is 0 Å². The first-order valence-electron chi connectivity index (χ1n) is 10.0. The van der Waals surface area contributed by atoms with Crippen molar-refractivity contribution >= 4 is 11.8 Å². The summed E-state index contributed by atoms with van der Waals surface area (Å²) in [6.45, 7) is 4.25. The number of pyridine rings is 1. The molecular weight excluding hydrogens is 328 g/mol. The largest absolute Gasteiger partial charge is 0.465 e. The van der Waals surface area contributed by atoms with Crippen LogP contribution in [-0.4, -0.2) is 47.9 Å². The van der Waals surface area contributed by atoms with E-state index in [0.717, 1.165) is 44.5 Å². The highest BCUT2D eigenvalue weighted by Crippen LogP contribution is 2.22. The second-order valence-electron chi connectivity index (χ2n) is 7.58. The Morgan fingerprint density at radius 1 is 1.23 bits per heavy atom. The molecule has 3 rings (SSSR count). The fourth-order valence-electron chi connectivity index (χ4n) is 3.98. The number of carbonyl (C=O) groups is 2. The summed E-state index contributed by atoms with van der Waals surface area (Å²) in [7, 11) is 0. The van der Waals surface area contributed by atoms with Crippen LogP contribution in [0, 0.1) is 5.92 Å². The minimum Gasteiger partial charge on any atom is -0.465 e. The Morgan fingerprint density at radius 2 is 2.04 bits per heavy atom. The Bertz CT molecular complexity index is 638. The molecule has 0 radical (unpaired) electrons. The summed E-state index contributed by atoms with van der Waals surface area (Å²) < 4.78 is 4.94. The zero-order chi connectivity index (χ0) is 18.4. The first kappa shape index (κ1) is 19.0. The number of ketones is 1. The van der Waals surface area contributed by atoms with Crippen molar-refractivity contribution in [1.29, 1.82) is 0 Å². The third-order valence-corrected chi connectivity index (χ3v) is 5.33. The maximum atomic E-state index is 12.2. The van der Waals surface area contributed by atoms with Crippen LogP contribution in [0.2, 0.25) is 0 Å². The molecule has 5 heteroatoms. The number of aryl methyl sites for hydroxylation is 3. The molecule has 26 heavy (non-hydrogen) atoms. The molecule has 0 spiro atoms. The van der Waals surface area contributed by atoms with E-state index in [1.807, 2.05) is 11.8 Å². The fourth-order valence-corrected chi connectivity index (χ4v) is 3.98. The molecule has 0 atom stereocenters. The molecule has 0 unspecified atom stereocenters. The number of rotatable bonds is 9. The van der Waals surface area contributed by atoms with Gasteiger partial charge in [0, 0.05) is 37.3 Å². The van der Waals surface area contributed by atoms with Crippen molar-refractivity contribution < 1.29 is 14.3 Å². The Labute approximate surface area is 156 Å². The first-order chi connectivity index (χ1) is 12.6. The molecule has 142 valence electrons. The molecule has 5 nitrogen and oxygen atoms in total. The molecule has 0 N–H and O–H groups in total. The van der Waals surface area contributed by atoms with Gasteiger partial charge in [-0.25, -0.2) is 0 Å². The van der Waals surface area contributed by atoms with Gasteiger partial charge in [0.2, 0.25) is 0 Å². The monoisotopic (exact) mass is 358 g/mol. The van der Waals surface area contributed by atoms with E-state index in [4.69, 9.17) is 9.72 Å². The normalized spacial score (nSPS) is 17.4. The van der Waals surface area contributed by atoms with E-state index in [-0.39, 0.29) is 5.97 Å². The summed E-state index contributed by atoms with van der Waals surface area (Å²) in [5, 5.41) is 0. The molecule has 1 fully saturated rings. The van der Waals surface area contributed by atoms with Gasteiger partial charge in [-0.15, -0.1) is 0 Å². The number of nitrogens with zero attached hydrogens (tertiary/aromatic N) is 2. The van der Waals surface area contributed by atoms with Crippen LogP contribution in [0.4, 0.5) is 0 Å². The number of aromatic nitrogens is 1. The van der Waals surface area contributed by atoms with Crippen molar-refractivity contribution in [3.05, 3.63) is 29.1 Å². The quantitative estimate of drug-likeness (QED) is 0.635. The number of ether oxygens (including phenoxy) is 1. The first-order valence-corrected chi connectivity index (χ1v) is 10.0. The Morgan fingerprint density at radius 3 is 2.85 bits per heavy atom. The molecule has 2 aliphatic rings. The van der Waals surface area contributed by atoms with Crippen LogP contribution in [0.3, 0.4) is 0 Å². The topological polar surface area (TPSA) is 59.5 Å². The van der Waals surface area contributed by atoms with Crippen LogP contribution >= 0.6 is 0 Å². The molecule has 2 heterocycles. The van der Waals surface area contributed by atoms with Gasteiger partial charge in [0.1, 0.15) is 5.78 Å². The molecule has 0 saturated carbocycles. The second kappa shape index (κ2) is 9.26. The van der Waals surface area contributed by atoms with Crippen molar-refractivity contribution in [2.24, 2.45) is 5.92 Å². The van der Waals surface area contributed by atoms with Crippen molar-refractivity contribution in [1.82, 2.24) is 9.88 Å². The number of likely N-dealkylation sites (tertiary alicyclic amines) is 1. The molecule has 1 saturated heterocycles. The molecule has 0 aromatic carbocycles. The molecule has 1 aliphatic carbocycles. The summed E-state index contributed by atoms with van der Waals surface area (Å²) in [6.07, 6.45) is 7.83. The minimum atomic E-state index is -0.171. The van der Waals surface area contributed by atoms with Crippen LogP contribution < -0.4 is 0 Å². The Kier molecular flexibility index (Phi) is 6.78. The number of esters is 1. The van der Waals surface area contributed by atoms with E-state index in [0.29, 0.717) is 37.7 Å². The van der Waals surface area contributed by atoms with Crippen molar-refractivity contribution in [3.8, 4) is 0 Å². The van der Waals surface area contributed by atoms with Gasteiger partial charge in [0.05, 0.1) is 13.2 Å². The zero-order valence-corrected chi connectivity index (χ0v) is 15.8. The summed E-state index contributed by atoms with van der Waals surface area (Å²) >= 11 is 0. The lowest BCUT2D eigenvalue weighted by molar-refractivity contribution is -0.146. The van der Waals surface area contributed by atoms with Crippen LogP contribution in [0.15, 0.2) is 12.1 Å². The smallest absolute Gasteiger partial charge is 0.320 e. The average molecular weight is 358 g/mol. The van der Waals surface area contributed by atoms with Crippen LogP contribution in [0.1, 0.15) is 56.0 Å². The molecule has 0 bridgehead atoms. The Balaban J connectivity index is 1.31. The number of Topliss-reactive ketones (excluding diaryl/α,β-unsaturated/α-hetero) is 1. The highest BCUT2D eigenvalue weighted by atomic mass is 16.5. The number of hydrogen-bond acceptors (Lipinski definition) is 5. The van der Waals surface area contributed by atoms with Crippen molar-refractivity contribution in [3.63, 3.8) is 0 Å². The minimum absolute atomic E-state index is 0.171. The summed E-state index contributed by atoms with van der Waals surface area (Å²) in [5.41, 5.74) is 3.81. The molecular formula is C21H30N2O3. The van der Waals surface area contributed by atoms with Gasteiger partial charge < -0.3 is 4.74 Å². The van der Waals surface area contributed by atoms with Crippen molar-refractivity contribution in [2.45, 2.75) is 58.3 Å². The highest BCUT2D eigenvalue weighted by molar-refractivity contribution is 5.78. The molecule has 1 aliphatic heterocycles. The molecule has 1 aromatic rings. The summed E-state index contributed by atoms with van der Waals surface area (Å²) in [4.78, 5) is 30.4. The van der Waals surface area contributed by atoms with E-state index in [1.54, 1.807) is 0 Å². The van der Waals surface area contributed by atoms with Gasteiger partial charge in [-0.2, -0.15) is 0 Å². The summed E-state index contributed by atoms with van der Waals surface area (Å²) in [6, 6.07) is 4.36. The predicted molar refractivity (Wildman–Crippen MR) is 100 cm³/mol. The van der Waals surface area contributed by atoms with Crippen molar-refractivity contribution in [2.75, 3.05) is 26.2 Å². The Hall–Kier alpha value is -1.75. The van der Waals surface area contributed by atoms with E-state index in [2.05, 4.69) is 12.1 Å². The van der Waals surface area contributed by atoms with Crippen LogP contribution in [0.5, 0.6) is 0 Å². The number of fused-ring (bicyclic) bond motifs is 1. The van der Waals surface area contributed by atoms with E-state index < -0.39 is 0 Å². The number of hydrogen-bond donors (Lipinski definition) is 0. The third kappa shape index (κ3) is 5.37. The SMILES string of the molecule is CCOC(=O)CN1CC(CC(=O)CCCc2ccc3c(n2)CCCC3)C1. The van der Waals surface area contributed by atoms with Gasteiger partial charge in [-0.05, 0) is 63.0 Å². The number of carbonyl (C=O) groups excluding carboxylic acids is 2. The maximum Gasteiger partial charge on any atom is 0.320 e. The lowest BCUT2D eigenvalue weighted by Crippen LogP contribution is -2.49. The fraction of sp³-hybridized carbons (Fsp3) is 0.667. The van der Waals surface area contributed by atoms with Crippen LogP contribution in [-0.2, 0) is 33.6 Å². The molecule has 0 amide bonds. The van der Waals surface area contributed by atoms with Gasteiger partial charge in [0.25, 0.3) is 0 Å². The van der Waals surface area contributed by atoms with Gasteiger partial charge in [-0.1, -0.05) is 6.07 Å². The zero-order valence-electron chi connectivity index (χ0n) is 15.8. The van der Waals surface area contributed by atoms with Gasteiger partial charge in [0.15, 0.2) is 0 Å². The lowest BCUT2D eigenvalue weighted by Gasteiger charge is -2.38. The van der Waals surface area contributed by atoms with E-state index >= 15 is 0 Å². The lowest BCUT2D eigenvalue weighted by atomic mass is 9.92. The third-order valence-electron chi connectivity index (χ3n) is 5.33. The van der Waals surface area contributed by atoms with Gasteiger partial charge in [-0.3, -0.25) is 19.5 Å².